The zero-order valence-corrected chi connectivity index (χ0v) is 29.1. The Bertz CT molecular complexity index is 1670. The number of nitrogens with one attached hydrogen (secondary N) is 1. The van der Waals surface area contributed by atoms with Gasteiger partial charge in [0.05, 0.1) is 0 Å². The van der Waals surface area contributed by atoms with E-state index in [0.29, 0.717) is 0 Å². The first-order valence-corrected chi connectivity index (χ1v) is 31.7. The van der Waals surface area contributed by atoms with E-state index in [0.717, 1.165) is 4.47 Å². The van der Waals surface area contributed by atoms with Gasteiger partial charge in [-0.1, -0.05) is 0 Å². The minimum absolute atomic E-state index is 0.0527. The van der Waals surface area contributed by atoms with E-state index < -0.39 is 13.2 Å². The molecule has 1 atom stereocenters. The molecule has 0 fully saturated rings. The fraction of sp³-hybridized carbons (Fsp3) is 0.235. The molecule has 4 heteroatoms. The van der Waals surface area contributed by atoms with Crippen molar-refractivity contribution in [3.05, 3.63) is 130 Å². The van der Waals surface area contributed by atoms with Crippen LogP contribution >= 0.6 is 15.9 Å². The summed E-state index contributed by atoms with van der Waals surface area (Å²) in [5, 5.41) is 0. The summed E-state index contributed by atoms with van der Waals surface area (Å²) < 4.78 is 15.4. The van der Waals surface area contributed by atoms with Gasteiger partial charge in [0.1, 0.15) is 0 Å². The fourth-order valence-electron chi connectivity index (χ4n) is 10.1. The van der Waals surface area contributed by atoms with Crippen LogP contribution in [0.1, 0.15) is 42.4 Å². The fourth-order valence-corrected chi connectivity index (χ4v) is 59.2. The topological polar surface area (TPSA) is 12.0 Å². The third-order valence-electron chi connectivity index (χ3n) is 11.0. The van der Waals surface area contributed by atoms with Crippen LogP contribution in [0, 0.1) is 0 Å². The third-order valence-corrected chi connectivity index (χ3v) is 58.6. The number of rotatable bonds is 5. The van der Waals surface area contributed by atoms with Crippen LogP contribution in [0.3, 0.4) is 0 Å². The van der Waals surface area contributed by atoms with Crippen LogP contribution in [0.4, 0.5) is 0 Å². The summed E-state index contributed by atoms with van der Waals surface area (Å²) in [6, 6.07) is 41.0. The normalized spacial score (nSPS) is 19.8. The van der Waals surface area contributed by atoms with Crippen molar-refractivity contribution in [2.75, 3.05) is 0 Å². The Labute approximate surface area is 230 Å². The Hall–Kier alpha value is -1.84. The Balaban J connectivity index is 2.32. The van der Waals surface area contributed by atoms with E-state index in [1.165, 1.54) is 26.5 Å². The number of hydrogen-bond acceptors (Lipinski definition) is 1. The van der Waals surface area contributed by atoms with Gasteiger partial charge in [0, 0.05) is 0 Å². The molecule has 0 bridgehead atoms. The Morgan fingerprint density at radius 2 is 1.11 bits per heavy atom. The Kier molecular flexibility index (Phi) is 5.16. The maximum atomic E-state index is 4.73. The van der Waals surface area contributed by atoms with Gasteiger partial charge in [0.25, 0.3) is 0 Å². The van der Waals surface area contributed by atoms with Gasteiger partial charge in [-0.15, -0.1) is 0 Å². The maximum absolute atomic E-state index is 6.61. The number of hydrogen-bond donors (Lipinski definition) is 1. The molecule has 1 unspecified atom stereocenters. The standard InChI is InChI=1S/C10H8Br.3C6H5.C4H10N.2CH3.H2Si.Zr/c1-7-5-8-3-2-4-10(11)9(8)6-7;3*1-2-4-6-5-3-1;1-4(2,3)5;;;;/h2-6H,1H3;3*1-5H;5H,1-3H3;2*1H3;1H2;/q;;;;-1;;;;+1. The second-order valence-electron chi connectivity index (χ2n) is 15.6. The van der Waals surface area contributed by atoms with Crippen molar-refractivity contribution in [2.24, 2.45) is 0 Å². The number of allylic oxidation sites excluding steroid dienone is 1. The number of fused-ring (bicyclic) bond motifs is 1. The second kappa shape index (κ2) is 7.07. The zero-order chi connectivity index (χ0) is 27.6. The summed E-state index contributed by atoms with van der Waals surface area (Å²) in [7, 11) is 0. The molecular formula is C34H41BrNSiZr. The summed E-state index contributed by atoms with van der Waals surface area (Å²) >= 11 is -2.68. The van der Waals surface area contributed by atoms with Crippen molar-refractivity contribution in [1.82, 2.24) is 3.26 Å². The molecule has 0 radical (unpaired) electrons. The molecule has 1 N–H and O–H groups in total. The van der Waals surface area contributed by atoms with E-state index in [1.54, 1.807) is 0 Å². The van der Waals surface area contributed by atoms with E-state index in [-0.39, 0.29) is 9.16 Å². The molecule has 1 nitrogen and oxygen atoms in total. The molecule has 38 heavy (non-hydrogen) atoms. The first-order chi connectivity index (χ1) is 17.6. The molecule has 0 aromatic heterocycles. The van der Waals surface area contributed by atoms with Gasteiger partial charge in [0.15, 0.2) is 0 Å². The molecule has 0 amide bonds. The predicted molar refractivity (Wildman–Crippen MR) is 172 cm³/mol. The van der Waals surface area contributed by atoms with Crippen LogP contribution < -0.4 is 13.1 Å². The van der Waals surface area contributed by atoms with Gasteiger partial charge in [-0.2, -0.15) is 0 Å². The van der Waals surface area contributed by atoms with Gasteiger partial charge in [-0.25, -0.2) is 0 Å². The molecule has 0 saturated carbocycles. The quantitative estimate of drug-likeness (QED) is 0.225. The van der Waals surface area contributed by atoms with Gasteiger partial charge < -0.3 is 0 Å². The summed E-state index contributed by atoms with van der Waals surface area (Å²) in [4.78, 5) is 0. The van der Waals surface area contributed by atoms with E-state index in [4.69, 9.17) is 3.26 Å². The van der Waals surface area contributed by atoms with Crippen LogP contribution in [0.25, 0.3) is 6.08 Å². The molecule has 1 aliphatic rings. The van der Waals surface area contributed by atoms with E-state index in [1.807, 2.05) is 0 Å². The van der Waals surface area contributed by atoms with Gasteiger partial charge in [-0.05, 0) is 0 Å². The van der Waals surface area contributed by atoms with E-state index >= 15 is 0 Å². The van der Waals surface area contributed by atoms with Crippen LogP contribution in [0.15, 0.2) is 119 Å². The van der Waals surface area contributed by atoms with Crippen LogP contribution in [0.2, 0.25) is 9.26 Å². The average Bonchev–Trinajstić information content (AvgIpc) is 3.25. The summed E-state index contributed by atoms with van der Waals surface area (Å²) in [6.45, 7) is 11.7. The summed E-state index contributed by atoms with van der Waals surface area (Å²) in [6.07, 6.45) is 2.43. The zero-order valence-electron chi connectivity index (χ0n) is 23.6. The average molecular weight is 663 g/mol. The molecule has 0 aliphatic heterocycles. The molecule has 4 aromatic rings. The van der Waals surface area contributed by atoms with Gasteiger partial charge >= 0.3 is 232 Å². The first kappa shape index (κ1) is 27.7. The molecule has 4 aromatic carbocycles. The number of benzene rings is 4. The molecule has 0 spiro atoms. The van der Waals surface area contributed by atoms with Crippen molar-refractivity contribution in [2.45, 2.75) is 46.1 Å². The van der Waals surface area contributed by atoms with Gasteiger partial charge in [-0.3, -0.25) is 0 Å². The minimum atomic E-state index is -6.61. The summed E-state index contributed by atoms with van der Waals surface area (Å²) in [5.74, 6) is 0. The molecular weight excluding hydrogens is 622 g/mol. The van der Waals surface area contributed by atoms with Crippen molar-refractivity contribution < 1.29 is 13.2 Å². The van der Waals surface area contributed by atoms with Crippen molar-refractivity contribution >= 4 is 38.7 Å². The molecule has 0 heterocycles. The first-order valence-electron chi connectivity index (χ1n) is 13.7. The molecule has 0 saturated heterocycles. The summed E-state index contributed by atoms with van der Waals surface area (Å²) in [5.41, 5.74) is 3.79. The van der Waals surface area contributed by atoms with Crippen LogP contribution in [0.5, 0.6) is 0 Å². The van der Waals surface area contributed by atoms with Crippen molar-refractivity contribution in [3.8, 4) is 0 Å². The second-order valence-corrected chi connectivity index (χ2v) is 71.5. The predicted octanol–water partition coefficient (Wildman–Crippen LogP) is 7.13. The van der Waals surface area contributed by atoms with E-state index in [9.17, 15) is 0 Å². The van der Waals surface area contributed by atoms with Crippen molar-refractivity contribution in [3.63, 3.8) is 0 Å². The van der Waals surface area contributed by atoms with Crippen molar-refractivity contribution in [1.29, 1.82) is 0 Å². The van der Waals surface area contributed by atoms with Crippen LogP contribution in [-0.2, 0) is 13.2 Å². The molecule has 1 aliphatic carbocycles. The van der Waals surface area contributed by atoms with E-state index in [2.05, 4.69) is 175 Å². The Morgan fingerprint density at radius 3 is 1.50 bits per heavy atom. The van der Waals surface area contributed by atoms with Crippen LogP contribution in [-0.4, -0.2) is 12.4 Å². The molecule has 197 valence electrons. The molecule has 5 rings (SSSR count). The number of halogens is 1. The SMILES string of the molecule is CC1=Cc2c(Br)cccc2[CH]1[Zr]([CH3])([CH3])(=[SiH2])([NH]C(C)(C)C)([c]1ccccc1)([c]1ccccc1)[c]1ccccc1. The van der Waals surface area contributed by atoms with Gasteiger partial charge in [0.2, 0.25) is 0 Å². The monoisotopic (exact) mass is 660 g/mol. The third kappa shape index (κ3) is 2.88. The Morgan fingerprint density at radius 1 is 0.684 bits per heavy atom.